The van der Waals surface area contributed by atoms with Crippen molar-refractivity contribution in [3.05, 3.63) is 28.3 Å². The van der Waals surface area contributed by atoms with Crippen LogP contribution in [-0.2, 0) is 11.0 Å². The number of alkyl halides is 3. The van der Waals surface area contributed by atoms with Crippen molar-refractivity contribution in [2.75, 3.05) is 21.2 Å². The first-order valence-corrected chi connectivity index (χ1v) is 5.68. The number of carbonyl (C=O) groups is 2. The third-order valence-electron chi connectivity index (χ3n) is 2.42. The molecule has 0 heterocycles. The number of likely N-dealkylation sites (N-methyl/N-ethyl adjacent to an activating group) is 1. The second kappa shape index (κ2) is 5.70. The van der Waals surface area contributed by atoms with E-state index in [1.807, 2.05) is 0 Å². The summed E-state index contributed by atoms with van der Waals surface area (Å²) < 4.78 is 43.2. The Labute approximate surface area is 118 Å². The zero-order valence-corrected chi connectivity index (χ0v) is 11.6. The highest BCUT2D eigenvalue weighted by Crippen LogP contribution is 2.41. The number of halogens is 4. The Morgan fingerprint density at radius 1 is 1.25 bits per heavy atom. The predicted octanol–water partition coefficient (Wildman–Crippen LogP) is 2.64. The van der Waals surface area contributed by atoms with E-state index in [0.29, 0.717) is 6.07 Å². The van der Waals surface area contributed by atoms with Crippen LogP contribution >= 0.6 is 11.6 Å². The number of hydrogen-bond donors (Lipinski definition) is 0. The Morgan fingerprint density at radius 3 is 2.20 bits per heavy atom. The first kappa shape index (κ1) is 16.3. The molecule has 0 radical (unpaired) electrons. The largest absolute Gasteiger partial charge is 0.495 e. The summed E-state index contributed by atoms with van der Waals surface area (Å²) >= 11 is 5.67. The Bertz CT molecular complexity index is 556. The van der Waals surface area contributed by atoms with Gasteiger partial charge in [0, 0.05) is 19.7 Å². The highest BCUT2D eigenvalue weighted by atomic mass is 35.5. The van der Waals surface area contributed by atoms with Gasteiger partial charge in [0.05, 0.1) is 17.7 Å². The second-order valence-electron chi connectivity index (χ2n) is 4.07. The number of carbonyl (C=O) groups excluding carboxylic acids is 2. The number of benzene rings is 1. The number of ketones is 1. The molecular formula is C12H11ClF3NO3. The number of methoxy groups -OCH3 is 1. The molecule has 4 nitrogen and oxygen atoms in total. The molecule has 0 saturated heterocycles. The lowest BCUT2D eigenvalue weighted by atomic mass is 10.0. The first-order chi connectivity index (χ1) is 9.09. The van der Waals surface area contributed by atoms with E-state index in [9.17, 15) is 22.8 Å². The predicted molar refractivity (Wildman–Crippen MR) is 66.0 cm³/mol. The van der Waals surface area contributed by atoms with Gasteiger partial charge in [-0.15, -0.1) is 0 Å². The van der Waals surface area contributed by atoms with Crippen LogP contribution < -0.4 is 4.74 Å². The van der Waals surface area contributed by atoms with Crippen molar-refractivity contribution in [1.82, 2.24) is 4.90 Å². The second-order valence-corrected chi connectivity index (χ2v) is 4.47. The van der Waals surface area contributed by atoms with Gasteiger partial charge in [-0.1, -0.05) is 11.6 Å². The van der Waals surface area contributed by atoms with Crippen LogP contribution in [0.5, 0.6) is 5.75 Å². The summed E-state index contributed by atoms with van der Waals surface area (Å²) in [5.41, 5.74) is -1.65. The number of nitrogens with zero attached hydrogens (tertiary/aromatic N) is 1. The van der Waals surface area contributed by atoms with Crippen LogP contribution in [0.3, 0.4) is 0 Å². The van der Waals surface area contributed by atoms with Gasteiger partial charge in [-0.05, 0) is 12.1 Å². The summed E-state index contributed by atoms with van der Waals surface area (Å²) in [7, 11) is 3.66. The van der Waals surface area contributed by atoms with E-state index >= 15 is 0 Å². The minimum Gasteiger partial charge on any atom is -0.495 e. The van der Waals surface area contributed by atoms with Crippen molar-refractivity contribution >= 4 is 23.3 Å². The maximum atomic E-state index is 12.9. The minimum atomic E-state index is -4.76. The number of Topliss-reactive ketones (excluding diaryl/α,β-unsaturated/α-hetero) is 1. The van der Waals surface area contributed by atoms with E-state index in [0.717, 1.165) is 18.1 Å². The molecule has 1 aromatic carbocycles. The monoisotopic (exact) mass is 309 g/mol. The first-order valence-electron chi connectivity index (χ1n) is 5.30. The average Bonchev–Trinajstić information content (AvgIpc) is 2.34. The highest BCUT2D eigenvalue weighted by Gasteiger charge is 2.37. The molecule has 0 aromatic heterocycles. The number of amides is 1. The van der Waals surface area contributed by atoms with Crippen LogP contribution in [0.25, 0.3) is 0 Å². The lowest BCUT2D eigenvalue weighted by Crippen LogP contribution is -2.30. The van der Waals surface area contributed by atoms with Crippen molar-refractivity contribution in [1.29, 1.82) is 0 Å². The van der Waals surface area contributed by atoms with Gasteiger partial charge >= 0.3 is 6.18 Å². The lowest BCUT2D eigenvalue weighted by molar-refractivity contribution is -0.138. The Morgan fingerprint density at radius 2 is 1.80 bits per heavy atom. The normalized spacial score (nSPS) is 11.2. The van der Waals surface area contributed by atoms with Crippen molar-refractivity contribution in [2.24, 2.45) is 0 Å². The number of hydrogen-bond acceptors (Lipinski definition) is 3. The summed E-state index contributed by atoms with van der Waals surface area (Å²) in [6.45, 7) is 0. The van der Waals surface area contributed by atoms with Crippen LogP contribution in [0.2, 0.25) is 5.02 Å². The zero-order valence-electron chi connectivity index (χ0n) is 10.8. The molecule has 1 amide bonds. The van der Waals surface area contributed by atoms with E-state index in [2.05, 4.69) is 4.74 Å². The molecule has 0 atom stereocenters. The summed E-state index contributed by atoms with van der Waals surface area (Å²) in [6.07, 6.45) is -4.76. The van der Waals surface area contributed by atoms with Gasteiger partial charge in [-0.3, -0.25) is 9.59 Å². The summed E-state index contributed by atoms with van der Waals surface area (Å²) in [5.74, 6) is -2.61. The molecule has 0 aliphatic heterocycles. The van der Waals surface area contributed by atoms with Gasteiger partial charge in [0.25, 0.3) is 5.91 Å². The smallest absolute Gasteiger partial charge is 0.420 e. The van der Waals surface area contributed by atoms with Gasteiger partial charge in [0.1, 0.15) is 5.75 Å². The van der Waals surface area contributed by atoms with Gasteiger partial charge in [0.15, 0.2) is 0 Å². The summed E-state index contributed by atoms with van der Waals surface area (Å²) in [4.78, 5) is 24.2. The fourth-order valence-electron chi connectivity index (χ4n) is 1.47. The molecule has 0 unspecified atom stereocenters. The average molecular weight is 310 g/mol. The van der Waals surface area contributed by atoms with Crippen LogP contribution in [0.4, 0.5) is 13.2 Å². The Kier molecular flexibility index (Phi) is 4.65. The van der Waals surface area contributed by atoms with Crippen LogP contribution in [0.15, 0.2) is 12.1 Å². The van der Waals surface area contributed by atoms with Crippen LogP contribution in [0, 0.1) is 0 Å². The fraction of sp³-hybridized carbons (Fsp3) is 0.333. The molecule has 1 aromatic rings. The maximum Gasteiger partial charge on any atom is 0.420 e. The molecule has 0 N–H and O–H groups in total. The van der Waals surface area contributed by atoms with Crippen molar-refractivity contribution in [3.63, 3.8) is 0 Å². The maximum absolute atomic E-state index is 12.9. The van der Waals surface area contributed by atoms with Crippen LogP contribution in [0.1, 0.15) is 15.9 Å². The van der Waals surface area contributed by atoms with Crippen LogP contribution in [-0.4, -0.2) is 37.8 Å². The van der Waals surface area contributed by atoms with Crippen molar-refractivity contribution in [2.45, 2.75) is 6.18 Å². The van der Waals surface area contributed by atoms with Gasteiger partial charge in [-0.2, -0.15) is 13.2 Å². The van der Waals surface area contributed by atoms with Crippen molar-refractivity contribution in [3.8, 4) is 5.75 Å². The standard InChI is InChI=1S/C12H11ClF3NO3/c1-17(2)11(19)9(18)6-4-7(12(14,15)16)10(20-3)8(13)5-6/h4-5H,1-3H3. The molecule has 110 valence electrons. The molecular weight excluding hydrogens is 299 g/mol. The molecule has 0 spiro atoms. The molecule has 0 aliphatic carbocycles. The highest BCUT2D eigenvalue weighted by molar-refractivity contribution is 6.43. The third-order valence-corrected chi connectivity index (χ3v) is 2.70. The van der Waals surface area contributed by atoms with E-state index < -0.39 is 39.8 Å². The third kappa shape index (κ3) is 3.22. The molecule has 0 fully saturated rings. The summed E-state index contributed by atoms with van der Waals surface area (Å²) in [6, 6.07) is 1.52. The molecule has 8 heteroatoms. The minimum absolute atomic E-state index is 0.391. The number of ether oxygens (including phenoxy) is 1. The quantitative estimate of drug-likeness (QED) is 0.637. The van der Waals surface area contributed by atoms with E-state index in [-0.39, 0.29) is 0 Å². The topological polar surface area (TPSA) is 46.6 Å². The molecule has 20 heavy (non-hydrogen) atoms. The van der Waals surface area contributed by atoms with Gasteiger partial charge in [0.2, 0.25) is 5.78 Å². The number of rotatable bonds is 3. The SMILES string of the molecule is COc1c(Cl)cc(C(=O)C(=O)N(C)C)cc1C(F)(F)F. The fourth-order valence-corrected chi connectivity index (χ4v) is 1.77. The van der Waals surface area contributed by atoms with E-state index in [1.54, 1.807) is 0 Å². The Balaban J connectivity index is 3.43. The molecule has 1 rings (SSSR count). The molecule has 0 saturated carbocycles. The molecule has 0 aliphatic rings. The van der Waals surface area contributed by atoms with Gasteiger partial charge in [-0.25, -0.2) is 0 Å². The molecule has 0 bridgehead atoms. The zero-order chi connectivity index (χ0) is 15.7. The summed E-state index contributed by atoms with van der Waals surface area (Å²) in [5, 5.41) is -0.391. The lowest BCUT2D eigenvalue weighted by Gasteiger charge is -2.15. The van der Waals surface area contributed by atoms with Gasteiger partial charge < -0.3 is 9.64 Å². The Hall–Kier alpha value is -1.76. The van der Waals surface area contributed by atoms with E-state index in [1.165, 1.54) is 14.1 Å². The van der Waals surface area contributed by atoms with Crippen molar-refractivity contribution < 1.29 is 27.5 Å². The van der Waals surface area contributed by atoms with E-state index in [4.69, 9.17) is 11.6 Å².